The van der Waals surface area contributed by atoms with Gasteiger partial charge in [-0.3, -0.25) is 10.1 Å². The quantitative estimate of drug-likeness (QED) is 0.678. The van der Waals surface area contributed by atoms with Gasteiger partial charge in [0.1, 0.15) is 0 Å². The second-order valence-electron chi connectivity index (χ2n) is 5.17. The van der Waals surface area contributed by atoms with E-state index in [1.165, 1.54) is 18.6 Å². The van der Waals surface area contributed by atoms with Crippen LogP contribution in [0.25, 0.3) is 0 Å². The van der Waals surface area contributed by atoms with Crippen LogP contribution in [0.3, 0.4) is 0 Å². The molecule has 1 saturated heterocycles. The van der Waals surface area contributed by atoms with Crippen molar-refractivity contribution in [1.82, 2.24) is 10.2 Å². The summed E-state index contributed by atoms with van der Waals surface area (Å²) in [6, 6.07) is 0. The summed E-state index contributed by atoms with van der Waals surface area (Å²) in [5, 5.41) is 3.31. The zero-order valence-electron chi connectivity index (χ0n) is 11.4. The summed E-state index contributed by atoms with van der Waals surface area (Å²) in [6.45, 7) is 5.88. The monoisotopic (exact) mass is 258 g/mol. The Bertz CT molecular complexity index is 233. The molecule has 4 heteroatoms. The maximum atomic E-state index is 11.7. The highest BCUT2D eigenvalue weighted by atomic mass is 32.2. The Hall–Kier alpha value is -0.220. The molecule has 100 valence electrons. The number of amides is 1. The number of hydrogen-bond donors (Lipinski definition) is 1. The van der Waals surface area contributed by atoms with Gasteiger partial charge >= 0.3 is 0 Å². The van der Waals surface area contributed by atoms with Crippen molar-refractivity contribution in [3.63, 3.8) is 0 Å². The zero-order valence-corrected chi connectivity index (χ0v) is 12.2. The van der Waals surface area contributed by atoms with Gasteiger partial charge < -0.3 is 4.90 Å². The molecule has 1 atom stereocenters. The Labute approximate surface area is 110 Å². The van der Waals surface area contributed by atoms with Crippen LogP contribution in [0.4, 0.5) is 0 Å². The largest absolute Gasteiger partial charge is 0.326 e. The Morgan fingerprint density at radius 2 is 2.18 bits per heavy atom. The van der Waals surface area contributed by atoms with Crippen molar-refractivity contribution in [2.45, 2.75) is 45.7 Å². The standard InChI is InChI=1S/C13H26N2OS/c1-11(2)9-12-14-10-13(16)15(12)7-5-4-6-8-17-3/h11-12,14H,4-10H2,1-3H3. The SMILES string of the molecule is CSCCCCCN1C(=O)CNC1CC(C)C. The highest BCUT2D eigenvalue weighted by Gasteiger charge is 2.29. The topological polar surface area (TPSA) is 32.3 Å². The van der Waals surface area contributed by atoms with Gasteiger partial charge in [0.2, 0.25) is 5.91 Å². The molecule has 0 spiro atoms. The van der Waals surface area contributed by atoms with E-state index in [1.54, 1.807) is 0 Å². The van der Waals surface area contributed by atoms with Gasteiger partial charge in [-0.1, -0.05) is 20.3 Å². The third-order valence-electron chi connectivity index (χ3n) is 3.13. The van der Waals surface area contributed by atoms with Gasteiger partial charge in [-0.2, -0.15) is 11.8 Å². The van der Waals surface area contributed by atoms with Crippen LogP contribution in [-0.2, 0) is 4.79 Å². The lowest BCUT2D eigenvalue weighted by Crippen LogP contribution is -2.38. The molecule has 0 bridgehead atoms. The van der Waals surface area contributed by atoms with Crippen LogP contribution in [0.1, 0.15) is 39.5 Å². The van der Waals surface area contributed by atoms with E-state index in [0.717, 1.165) is 19.4 Å². The molecule has 0 aromatic heterocycles. The molecule has 1 unspecified atom stereocenters. The fourth-order valence-corrected chi connectivity index (χ4v) is 2.73. The lowest BCUT2D eigenvalue weighted by atomic mass is 10.1. The number of carbonyl (C=O) groups excluding carboxylic acids is 1. The Morgan fingerprint density at radius 3 is 2.82 bits per heavy atom. The minimum absolute atomic E-state index is 0.278. The van der Waals surface area contributed by atoms with E-state index in [9.17, 15) is 4.79 Å². The fourth-order valence-electron chi connectivity index (χ4n) is 2.23. The smallest absolute Gasteiger partial charge is 0.237 e. The molecule has 1 fully saturated rings. The van der Waals surface area contributed by atoms with E-state index >= 15 is 0 Å². The van der Waals surface area contributed by atoms with Gasteiger partial charge in [0, 0.05) is 6.54 Å². The van der Waals surface area contributed by atoms with E-state index < -0.39 is 0 Å². The average Bonchev–Trinajstić information content (AvgIpc) is 2.60. The number of nitrogens with one attached hydrogen (secondary N) is 1. The van der Waals surface area contributed by atoms with E-state index in [1.807, 2.05) is 16.7 Å². The molecule has 0 saturated carbocycles. The maximum Gasteiger partial charge on any atom is 0.237 e. The second kappa shape index (κ2) is 7.98. The number of nitrogens with zero attached hydrogens (tertiary/aromatic N) is 1. The fraction of sp³-hybridized carbons (Fsp3) is 0.923. The van der Waals surface area contributed by atoms with Gasteiger partial charge in [0.25, 0.3) is 0 Å². The molecule has 1 rings (SSSR count). The van der Waals surface area contributed by atoms with E-state index in [4.69, 9.17) is 0 Å². The lowest BCUT2D eigenvalue weighted by molar-refractivity contribution is -0.128. The number of unbranched alkanes of at least 4 members (excludes halogenated alkanes) is 2. The second-order valence-corrected chi connectivity index (χ2v) is 6.15. The zero-order chi connectivity index (χ0) is 12.7. The molecule has 0 aliphatic carbocycles. The molecule has 1 aliphatic rings. The molecule has 1 heterocycles. The van der Waals surface area contributed by atoms with E-state index in [-0.39, 0.29) is 12.1 Å². The third kappa shape index (κ3) is 5.30. The number of thioether (sulfide) groups is 1. The van der Waals surface area contributed by atoms with Crippen LogP contribution in [0.5, 0.6) is 0 Å². The summed E-state index contributed by atoms with van der Waals surface area (Å²) in [5.74, 6) is 2.15. The maximum absolute atomic E-state index is 11.7. The highest BCUT2D eigenvalue weighted by Crippen LogP contribution is 2.15. The van der Waals surface area contributed by atoms with Crippen molar-refractivity contribution < 1.29 is 4.79 Å². The summed E-state index contributed by atoms with van der Waals surface area (Å²) in [7, 11) is 0. The molecule has 3 nitrogen and oxygen atoms in total. The van der Waals surface area contributed by atoms with Gasteiger partial charge in [0.05, 0.1) is 12.7 Å². The molecule has 1 amide bonds. The summed E-state index contributed by atoms with van der Waals surface area (Å²) in [4.78, 5) is 13.8. The lowest BCUT2D eigenvalue weighted by Gasteiger charge is -2.25. The van der Waals surface area contributed by atoms with Crippen molar-refractivity contribution in [2.75, 3.05) is 25.1 Å². The van der Waals surface area contributed by atoms with Crippen LogP contribution >= 0.6 is 11.8 Å². The predicted octanol–water partition coefficient (Wildman–Crippen LogP) is 2.32. The van der Waals surface area contributed by atoms with Crippen molar-refractivity contribution in [3.8, 4) is 0 Å². The number of carbonyl (C=O) groups is 1. The van der Waals surface area contributed by atoms with Crippen LogP contribution in [0, 0.1) is 5.92 Å². The first kappa shape index (κ1) is 14.8. The molecule has 1 N–H and O–H groups in total. The highest BCUT2D eigenvalue weighted by molar-refractivity contribution is 7.98. The van der Waals surface area contributed by atoms with Crippen molar-refractivity contribution in [2.24, 2.45) is 5.92 Å². The van der Waals surface area contributed by atoms with Crippen molar-refractivity contribution in [3.05, 3.63) is 0 Å². The van der Waals surface area contributed by atoms with Crippen LogP contribution in [0.2, 0.25) is 0 Å². The first-order chi connectivity index (χ1) is 8.15. The first-order valence-corrected chi connectivity index (χ1v) is 8.06. The number of hydrogen-bond acceptors (Lipinski definition) is 3. The molecule has 0 radical (unpaired) electrons. The van der Waals surface area contributed by atoms with Crippen LogP contribution in [-0.4, -0.2) is 42.1 Å². The van der Waals surface area contributed by atoms with Crippen LogP contribution < -0.4 is 5.32 Å². The van der Waals surface area contributed by atoms with Gasteiger partial charge in [-0.25, -0.2) is 0 Å². The Morgan fingerprint density at radius 1 is 1.41 bits per heavy atom. The third-order valence-corrected chi connectivity index (χ3v) is 3.82. The minimum atomic E-state index is 0.278. The molecular formula is C13H26N2OS. The summed E-state index contributed by atoms with van der Waals surface area (Å²) in [6.07, 6.45) is 7.14. The molecule has 17 heavy (non-hydrogen) atoms. The van der Waals surface area contributed by atoms with E-state index in [2.05, 4.69) is 25.4 Å². The van der Waals surface area contributed by atoms with Crippen molar-refractivity contribution >= 4 is 17.7 Å². The predicted molar refractivity (Wildman–Crippen MR) is 75.2 cm³/mol. The minimum Gasteiger partial charge on any atom is -0.326 e. The molecule has 1 aliphatic heterocycles. The summed E-state index contributed by atoms with van der Waals surface area (Å²) >= 11 is 1.90. The Kier molecular flexibility index (Phi) is 6.97. The summed E-state index contributed by atoms with van der Waals surface area (Å²) in [5.41, 5.74) is 0. The van der Waals surface area contributed by atoms with Gasteiger partial charge in [0.15, 0.2) is 0 Å². The van der Waals surface area contributed by atoms with Gasteiger partial charge in [-0.15, -0.1) is 0 Å². The molecule has 0 aromatic rings. The van der Waals surface area contributed by atoms with Gasteiger partial charge in [-0.05, 0) is 37.2 Å². The Balaban J connectivity index is 2.25. The molecular weight excluding hydrogens is 232 g/mol. The van der Waals surface area contributed by atoms with E-state index in [0.29, 0.717) is 12.5 Å². The number of rotatable bonds is 8. The first-order valence-electron chi connectivity index (χ1n) is 6.67. The summed E-state index contributed by atoms with van der Waals surface area (Å²) < 4.78 is 0. The normalized spacial score (nSPS) is 20.6. The van der Waals surface area contributed by atoms with Crippen molar-refractivity contribution in [1.29, 1.82) is 0 Å². The molecule has 0 aromatic carbocycles. The average molecular weight is 258 g/mol. The van der Waals surface area contributed by atoms with Crippen LogP contribution in [0.15, 0.2) is 0 Å².